The van der Waals surface area contributed by atoms with Crippen LogP contribution in [0.1, 0.15) is 35.3 Å². The van der Waals surface area contributed by atoms with Gasteiger partial charge in [-0.1, -0.05) is 12.1 Å². The van der Waals surface area contributed by atoms with Crippen molar-refractivity contribution in [3.05, 3.63) is 63.7 Å². The summed E-state index contributed by atoms with van der Waals surface area (Å²) < 4.78 is 10.5. The molecule has 2 atom stereocenters. The zero-order chi connectivity index (χ0) is 25.8. The third-order valence-electron chi connectivity index (χ3n) is 6.04. The van der Waals surface area contributed by atoms with Gasteiger partial charge in [0.25, 0.3) is 5.69 Å². The summed E-state index contributed by atoms with van der Waals surface area (Å²) in [5, 5.41) is 24.1. The van der Waals surface area contributed by atoms with Crippen LogP contribution in [0.3, 0.4) is 0 Å². The summed E-state index contributed by atoms with van der Waals surface area (Å²) in [5.41, 5.74) is 0.739. The Morgan fingerprint density at radius 3 is 2.75 bits per heavy atom. The van der Waals surface area contributed by atoms with E-state index in [4.69, 9.17) is 9.47 Å². The van der Waals surface area contributed by atoms with Gasteiger partial charge in [-0.15, -0.1) is 0 Å². The Bertz CT molecular complexity index is 1240. The van der Waals surface area contributed by atoms with Crippen molar-refractivity contribution in [2.24, 2.45) is 10.9 Å². The van der Waals surface area contributed by atoms with Crippen LogP contribution in [0.15, 0.2) is 47.5 Å². The highest BCUT2D eigenvalue weighted by atomic mass is 16.7. The highest BCUT2D eigenvalue weighted by Gasteiger charge is 2.42. The van der Waals surface area contributed by atoms with E-state index in [0.717, 1.165) is 0 Å². The number of urea groups is 1. The number of aliphatic carboxylic acids is 1. The predicted octanol–water partition coefficient (Wildman–Crippen LogP) is 2.82. The molecule has 2 aliphatic rings. The number of nitro groups is 1. The Morgan fingerprint density at radius 1 is 1.22 bits per heavy atom. The molecule has 12 nitrogen and oxygen atoms in total. The number of fused-ring (bicyclic) bond motifs is 1. The third kappa shape index (κ3) is 5.18. The smallest absolute Gasteiger partial charge is 0.344 e. The van der Waals surface area contributed by atoms with E-state index < -0.39 is 28.9 Å². The molecule has 12 heteroatoms. The van der Waals surface area contributed by atoms with Crippen molar-refractivity contribution in [3.8, 4) is 11.5 Å². The van der Waals surface area contributed by atoms with Crippen molar-refractivity contribution in [2.45, 2.75) is 19.4 Å². The maximum atomic E-state index is 12.7. The van der Waals surface area contributed by atoms with Crippen LogP contribution in [0.25, 0.3) is 0 Å². The number of hydrogen-bond acceptors (Lipinski definition) is 8. The number of carboxylic acids is 1. The number of hydrogen-bond donors (Lipinski definition) is 2. The van der Waals surface area contributed by atoms with E-state index in [1.807, 2.05) is 0 Å². The Kier molecular flexibility index (Phi) is 7.25. The molecule has 2 aromatic rings. The molecule has 0 spiro atoms. The summed E-state index contributed by atoms with van der Waals surface area (Å²) in [6.07, 6.45) is 0.395. The molecule has 36 heavy (non-hydrogen) atoms. The van der Waals surface area contributed by atoms with E-state index >= 15 is 0 Å². The Morgan fingerprint density at radius 2 is 2.00 bits per heavy atom. The number of carboxylic acid groups (broad SMARTS) is 1. The summed E-state index contributed by atoms with van der Waals surface area (Å²) >= 11 is 0. The monoisotopic (exact) mass is 496 g/mol. The highest BCUT2D eigenvalue weighted by molar-refractivity contribution is 6.07. The van der Waals surface area contributed by atoms with Gasteiger partial charge in [-0.3, -0.25) is 19.7 Å². The SMILES string of the molecule is CC1=NC(=O)N(CCCNCC(=O)c2ccc3c(c2)OCO3)C(c2cccc([N+](=O)[O-])c2)C1C(=O)O. The number of ether oxygens (including phenoxy) is 2. The van der Waals surface area contributed by atoms with Gasteiger partial charge in [-0.05, 0) is 43.7 Å². The standard InChI is InChI=1S/C24H24N4O8/c1-14-21(23(30)31)22(16-4-2-5-17(10-16)28(33)34)27(24(32)26-14)9-3-8-25-12-18(29)15-6-7-19-20(11-15)36-13-35-19/h2,4-7,10-11,21-22,25H,3,8-9,12-13H2,1H3,(H,30,31). The second-order valence-electron chi connectivity index (χ2n) is 8.36. The lowest BCUT2D eigenvalue weighted by Crippen LogP contribution is -2.47. The van der Waals surface area contributed by atoms with Gasteiger partial charge < -0.3 is 24.8 Å². The van der Waals surface area contributed by atoms with Crippen LogP contribution < -0.4 is 14.8 Å². The van der Waals surface area contributed by atoms with E-state index in [0.29, 0.717) is 35.6 Å². The van der Waals surface area contributed by atoms with E-state index in [1.165, 1.54) is 30.0 Å². The number of aliphatic imine (C=N–C) groups is 1. The number of nitrogens with zero attached hydrogens (tertiary/aromatic N) is 3. The summed E-state index contributed by atoms with van der Waals surface area (Å²) in [7, 11) is 0. The summed E-state index contributed by atoms with van der Waals surface area (Å²) in [6, 6.07) is 8.98. The zero-order valence-corrected chi connectivity index (χ0v) is 19.4. The molecule has 2 amide bonds. The lowest BCUT2D eigenvalue weighted by Gasteiger charge is -2.37. The molecular formula is C24H24N4O8. The molecule has 0 saturated heterocycles. The molecule has 2 aliphatic heterocycles. The second-order valence-corrected chi connectivity index (χ2v) is 8.36. The van der Waals surface area contributed by atoms with Gasteiger partial charge in [0.05, 0.1) is 17.5 Å². The normalized spacial score (nSPS) is 18.6. The predicted molar refractivity (Wildman–Crippen MR) is 127 cm³/mol. The summed E-state index contributed by atoms with van der Waals surface area (Å²) in [6.45, 7) is 2.13. The maximum absolute atomic E-state index is 12.7. The Balaban J connectivity index is 1.41. The topological polar surface area (TPSA) is 161 Å². The fraction of sp³-hybridized carbons (Fsp3) is 0.333. The third-order valence-corrected chi connectivity index (χ3v) is 6.04. The number of benzene rings is 2. The minimum absolute atomic E-state index is 0.0525. The number of amides is 2. The quantitative estimate of drug-likeness (QED) is 0.218. The largest absolute Gasteiger partial charge is 0.481 e. The van der Waals surface area contributed by atoms with E-state index in [9.17, 15) is 29.6 Å². The van der Waals surface area contributed by atoms with Crippen LogP contribution in [0, 0.1) is 16.0 Å². The molecule has 0 saturated carbocycles. The van der Waals surface area contributed by atoms with Crippen LogP contribution in [-0.2, 0) is 4.79 Å². The average Bonchev–Trinajstić information content (AvgIpc) is 3.32. The lowest BCUT2D eigenvalue weighted by molar-refractivity contribution is -0.385. The minimum Gasteiger partial charge on any atom is -0.481 e. The molecule has 188 valence electrons. The molecule has 2 unspecified atom stereocenters. The van der Waals surface area contributed by atoms with Crippen molar-refractivity contribution in [1.82, 2.24) is 10.2 Å². The van der Waals surface area contributed by atoms with Crippen LogP contribution >= 0.6 is 0 Å². The fourth-order valence-electron chi connectivity index (χ4n) is 4.30. The minimum atomic E-state index is -1.18. The van der Waals surface area contributed by atoms with Gasteiger partial charge in [0, 0.05) is 30.0 Å². The van der Waals surface area contributed by atoms with Crippen molar-refractivity contribution in [3.63, 3.8) is 0 Å². The van der Waals surface area contributed by atoms with Crippen LogP contribution in [0.4, 0.5) is 10.5 Å². The number of ketones is 1. The molecule has 2 heterocycles. The van der Waals surface area contributed by atoms with E-state index in [2.05, 4.69) is 10.3 Å². The molecule has 0 aromatic heterocycles. The Labute approximate surface area is 205 Å². The number of nitrogens with one attached hydrogen (secondary N) is 1. The summed E-state index contributed by atoms with van der Waals surface area (Å²) in [5.74, 6) is -1.38. The lowest BCUT2D eigenvalue weighted by atomic mass is 9.86. The molecule has 0 fully saturated rings. The molecule has 0 aliphatic carbocycles. The van der Waals surface area contributed by atoms with Crippen molar-refractivity contribution in [2.75, 3.05) is 26.4 Å². The molecular weight excluding hydrogens is 472 g/mol. The van der Waals surface area contributed by atoms with E-state index in [-0.39, 0.29) is 37.1 Å². The first-order valence-corrected chi connectivity index (χ1v) is 11.2. The van der Waals surface area contributed by atoms with Crippen molar-refractivity contribution >= 4 is 29.2 Å². The number of carbonyl (C=O) groups excluding carboxylic acids is 2. The van der Waals surface area contributed by atoms with Gasteiger partial charge in [0.15, 0.2) is 17.3 Å². The number of rotatable bonds is 10. The first-order valence-electron chi connectivity index (χ1n) is 11.2. The average molecular weight is 496 g/mol. The van der Waals surface area contributed by atoms with Crippen molar-refractivity contribution in [1.29, 1.82) is 0 Å². The number of carbonyl (C=O) groups is 3. The molecule has 4 rings (SSSR count). The van der Waals surface area contributed by atoms with E-state index in [1.54, 1.807) is 24.3 Å². The fourth-order valence-corrected chi connectivity index (χ4v) is 4.30. The van der Waals surface area contributed by atoms with Gasteiger partial charge in [-0.2, -0.15) is 0 Å². The van der Waals surface area contributed by atoms with Crippen LogP contribution in [0.5, 0.6) is 11.5 Å². The first-order chi connectivity index (χ1) is 17.3. The van der Waals surface area contributed by atoms with Gasteiger partial charge in [-0.25, -0.2) is 9.79 Å². The maximum Gasteiger partial charge on any atom is 0.344 e. The highest BCUT2D eigenvalue weighted by Crippen LogP contribution is 2.36. The van der Waals surface area contributed by atoms with Crippen molar-refractivity contribution < 1.29 is 33.9 Å². The molecule has 2 N–H and O–H groups in total. The first kappa shape index (κ1) is 24.8. The van der Waals surface area contributed by atoms with Crippen LogP contribution in [-0.4, -0.2) is 64.9 Å². The van der Waals surface area contributed by atoms with Gasteiger partial charge in [0.2, 0.25) is 6.79 Å². The number of Topliss-reactive ketones (excluding diaryl/α,β-unsaturated/α-hetero) is 1. The van der Waals surface area contributed by atoms with Gasteiger partial charge >= 0.3 is 12.0 Å². The number of non-ortho nitro benzene ring substituents is 1. The molecule has 0 radical (unpaired) electrons. The second kappa shape index (κ2) is 10.5. The zero-order valence-electron chi connectivity index (χ0n) is 19.4. The molecule has 2 aromatic carbocycles. The van der Waals surface area contributed by atoms with Crippen LogP contribution in [0.2, 0.25) is 0 Å². The Hall–Kier alpha value is -4.32. The molecule has 0 bridgehead atoms. The number of nitro benzene ring substituents is 1. The van der Waals surface area contributed by atoms with Gasteiger partial charge in [0.1, 0.15) is 5.92 Å². The summed E-state index contributed by atoms with van der Waals surface area (Å²) in [4.78, 5) is 53.2.